The van der Waals surface area contributed by atoms with Crippen LogP contribution in [0.3, 0.4) is 0 Å². The lowest BCUT2D eigenvalue weighted by Gasteiger charge is -2.05. The van der Waals surface area contributed by atoms with E-state index in [0.717, 1.165) is 11.3 Å². The van der Waals surface area contributed by atoms with Gasteiger partial charge in [0.05, 0.1) is 13.3 Å². The Hall–Kier alpha value is -3.29. The molecule has 0 atom stereocenters. The Labute approximate surface area is 137 Å². The van der Waals surface area contributed by atoms with Gasteiger partial charge in [0.2, 0.25) is 5.82 Å². The molecule has 1 aromatic carbocycles. The van der Waals surface area contributed by atoms with Crippen molar-refractivity contribution in [2.24, 2.45) is 0 Å². The molecule has 0 aliphatic rings. The van der Waals surface area contributed by atoms with E-state index in [9.17, 15) is 4.79 Å². The molecule has 8 heteroatoms. The Kier molecular flexibility index (Phi) is 4.76. The molecule has 0 radical (unpaired) electrons. The zero-order valence-corrected chi connectivity index (χ0v) is 13.0. The second-order valence-corrected chi connectivity index (χ2v) is 4.87. The van der Waals surface area contributed by atoms with Gasteiger partial charge in [0.15, 0.2) is 0 Å². The van der Waals surface area contributed by atoms with Crippen LogP contribution in [0.1, 0.15) is 16.2 Å². The molecule has 0 aliphatic carbocycles. The monoisotopic (exact) mass is 325 g/mol. The van der Waals surface area contributed by atoms with E-state index in [2.05, 4.69) is 25.4 Å². The van der Waals surface area contributed by atoms with E-state index < -0.39 is 5.91 Å². The number of amides is 1. The molecule has 0 unspecified atom stereocenters. The van der Waals surface area contributed by atoms with Crippen LogP contribution in [0.2, 0.25) is 0 Å². The van der Waals surface area contributed by atoms with Crippen molar-refractivity contribution in [1.29, 1.82) is 0 Å². The number of rotatable bonds is 6. The van der Waals surface area contributed by atoms with Crippen LogP contribution in [-0.4, -0.2) is 39.7 Å². The summed E-state index contributed by atoms with van der Waals surface area (Å²) in [5.74, 6) is 0.465. The number of methoxy groups -OCH3 is 1. The molecule has 1 amide bonds. The van der Waals surface area contributed by atoms with Gasteiger partial charge in [0.25, 0.3) is 0 Å². The maximum Gasteiger partial charge on any atom is 0.316 e. The van der Waals surface area contributed by atoms with Crippen LogP contribution in [0, 0.1) is 0 Å². The summed E-state index contributed by atoms with van der Waals surface area (Å²) in [5, 5.41) is 6.47. The fraction of sp³-hybridized carbons (Fsp3) is 0.188. The quantitative estimate of drug-likeness (QED) is 0.732. The lowest BCUT2D eigenvalue weighted by molar-refractivity contribution is 0.0910. The Morgan fingerprint density at radius 2 is 2.25 bits per heavy atom. The highest BCUT2D eigenvalue weighted by Crippen LogP contribution is 2.13. The zero-order chi connectivity index (χ0) is 16.8. The molecule has 3 aromatic rings. The number of nitrogens with zero attached hydrogens (tertiary/aromatic N) is 4. The summed E-state index contributed by atoms with van der Waals surface area (Å²) in [7, 11) is 1.62. The van der Waals surface area contributed by atoms with Gasteiger partial charge in [-0.2, -0.15) is 4.98 Å². The van der Waals surface area contributed by atoms with Crippen molar-refractivity contribution in [3.8, 4) is 17.3 Å². The van der Waals surface area contributed by atoms with Crippen molar-refractivity contribution in [2.45, 2.75) is 6.42 Å². The first kappa shape index (κ1) is 15.6. The summed E-state index contributed by atoms with van der Waals surface area (Å²) in [5.41, 5.74) is 1.50. The molecule has 1 N–H and O–H groups in total. The normalized spacial score (nSPS) is 10.4. The Morgan fingerprint density at radius 3 is 3.04 bits per heavy atom. The number of nitrogens with one attached hydrogen (secondary N) is 1. The fourth-order valence-electron chi connectivity index (χ4n) is 2.06. The minimum Gasteiger partial charge on any atom is -0.497 e. The average molecular weight is 325 g/mol. The van der Waals surface area contributed by atoms with E-state index in [4.69, 9.17) is 9.26 Å². The molecular weight excluding hydrogens is 310 g/mol. The van der Waals surface area contributed by atoms with E-state index in [0.29, 0.717) is 18.7 Å². The minimum absolute atomic E-state index is 0.110. The molecule has 122 valence electrons. The lowest BCUT2D eigenvalue weighted by atomic mass is 10.1. The van der Waals surface area contributed by atoms with E-state index >= 15 is 0 Å². The Bertz CT molecular complexity index is 819. The fourth-order valence-corrected chi connectivity index (χ4v) is 2.06. The SMILES string of the molecule is COc1cccc(CCNC(=O)c2nc(-c3cnccn3)no2)c1. The first-order valence-electron chi connectivity index (χ1n) is 7.27. The van der Waals surface area contributed by atoms with E-state index in [-0.39, 0.29) is 11.7 Å². The van der Waals surface area contributed by atoms with Gasteiger partial charge in [-0.15, -0.1) is 0 Å². The summed E-state index contributed by atoms with van der Waals surface area (Å²) >= 11 is 0. The van der Waals surface area contributed by atoms with Crippen LogP contribution < -0.4 is 10.1 Å². The first-order valence-corrected chi connectivity index (χ1v) is 7.27. The molecule has 0 bridgehead atoms. The topological polar surface area (TPSA) is 103 Å². The van der Waals surface area contributed by atoms with E-state index in [1.807, 2.05) is 24.3 Å². The second kappa shape index (κ2) is 7.32. The van der Waals surface area contributed by atoms with Crippen LogP contribution >= 0.6 is 0 Å². The van der Waals surface area contributed by atoms with E-state index in [1.54, 1.807) is 7.11 Å². The van der Waals surface area contributed by atoms with Crippen molar-refractivity contribution >= 4 is 5.91 Å². The van der Waals surface area contributed by atoms with Crippen LogP contribution in [-0.2, 0) is 6.42 Å². The third-order valence-electron chi connectivity index (χ3n) is 3.25. The van der Waals surface area contributed by atoms with Gasteiger partial charge < -0.3 is 14.6 Å². The molecule has 2 heterocycles. The van der Waals surface area contributed by atoms with E-state index in [1.165, 1.54) is 18.6 Å². The van der Waals surface area contributed by atoms with Gasteiger partial charge in [0.1, 0.15) is 11.4 Å². The van der Waals surface area contributed by atoms with Gasteiger partial charge in [-0.1, -0.05) is 17.3 Å². The Balaban J connectivity index is 1.56. The summed E-state index contributed by atoms with van der Waals surface area (Å²) in [6, 6.07) is 7.66. The number of hydrogen-bond donors (Lipinski definition) is 1. The third-order valence-corrected chi connectivity index (χ3v) is 3.25. The first-order chi connectivity index (χ1) is 11.8. The molecule has 0 spiro atoms. The molecule has 0 fully saturated rings. The van der Waals surface area contributed by atoms with Crippen molar-refractivity contribution in [3.05, 3.63) is 54.3 Å². The van der Waals surface area contributed by atoms with Crippen LogP contribution in [0.4, 0.5) is 0 Å². The minimum atomic E-state index is -0.430. The van der Waals surface area contributed by atoms with Crippen LogP contribution in [0.25, 0.3) is 11.5 Å². The summed E-state index contributed by atoms with van der Waals surface area (Å²) in [6.45, 7) is 0.439. The highest BCUT2D eigenvalue weighted by molar-refractivity contribution is 5.89. The third kappa shape index (κ3) is 3.72. The predicted molar refractivity (Wildman–Crippen MR) is 84.4 cm³/mol. The average Bonchev–Trinajstić information content (AvgIpc) is 3.13. The molecule has 24 heavy (non-hydrogen) atoms. The maximum atomic E-state index is 12.0. The standard InChI is InChI=1S/C16H15N5O3/c1-23-12-4-2-3-11(9-12)5-6-19-15(22)16-20-14(21-24-16)13-10-17-7-8-18-13/h2-4,7-10H,5-6H2,1H3,(H,19,22). The molecule has 0 saturated carbocycles. The predicted octanol–water partition coefficient (Wildman–Crippen LogP) is 1.51. The number of ether oxygens (including phenoxy) is 1. The van der Waals surface area contributed by atoms with Gasteiger partial charge >= 0.3 is 11.8 Å². The number of hydrogen-bond acceptors (Lipinski definition) is 7. The smallest absolute Gasteiger partial charge is 0.316 e. The van der Waals surface area contributed by atoms with Crippen LogP contribution in [0.15, 0.2) is 47.4 Å². The summed E-state index contributed by atoms with van der Waals surface area (Å²) < 4.78 is 10.1. The summed E-state index contributed by atoms with van der Waals surface area (Å²) in [4.78, 5) is 24.0. The summed E-state index contributed by atoms with van der Waals surface area (Å²) in [6.07, 6.45) is 5.21. The molecule has 0 saturated heterocycles. The number of aromatic nitrogens is 4. The van der Waals surface area contributed by atoms with Crippen molar-refractivity contribution in [2.75, 3.05) is 13.7 Å². The van der Waals surface area contributed by atoms with Gasteiger partial charge in [0, 0.05) is 18.9 Å². The highest BCUT2D eigenvalue weighted by Gasteiger charge is 2.16. The number of benzene rings is 1. The van der Waals surface area contributed by atoms with Crippen LogP contribution in [0.5, 0.6) is 5.75 Å². The zero-order valence-electron chi connectivity index (χ0n) is 13.0. The number of carbonyl (C=O) groups excluding carboxylic acids is 1. The lowest BCUT2D eigenvalue weighted by Crippen LogP contribution is -2.26. The van der Waals surface area contributed by atoms with Crippen molar-refractivity contribution in [1.82, 2.24) is 25.4 Å². The number of carbonyl (C=O) groups is 1. The van der Waals surface area contributed by atoms with Crippen molar-refractivity contribution < 1.29 is 14.1 Å². The Morgan fingerprint density at radius 1 is 1.33 bits per heavy atom. The molecule has 2 aromatic heterocycles. The molecule has 8 nitrogen and oxygen atoms in total. The van der Waals surface area contributed by atoms with Gasteiger partial charge in [-0.05, 0) is 24.1 Å². The second-order valence-electron chi connectivity index (χ2n) is 4.87. The van der Waals surface area contributed by atoms with Gasteiger partial charge in [-0.25, -0.2) is 4.98 Å². The molecule has 0 aliphatic heterocycles. The highest BCUT2D eigenvalue weighted by atomic mass is 16.5. The van der Waals surface area contributed by atoms with Gasteiger partial charge in [-0.3, -0.25) is 9.78 Å². The van der Waals surface area contributed by atoms with Crippen molar-refractivity contribution in [3.63, 3.8) is 0 Å². The molecular formula is C16H15N5O3. The molecule has 3 rings (SSSR count). The largest absolute Gasteiger partial charge is 0.497 e. The maximum absolute atomic E-state index is 12.0.